The van der Waals surface area contributed by atoms with E-state index >= 15 is 0 Å². The van der Waals surface area contributed by atoms with Crippen LogP contribution in [0.15, 0.2) is 35.3 Å². The molecular weight excluding hydrogens is 403 g/mol. The minimum atomic E-state index is -3.13. The zero-order valence-electron chi connectivity index (χ0n) is 12.3. The van der Waals surface area contributed by atoms with Gasteiger partial charge in [0.1, 0.15) is 0 Å². The second-order valence-corrected chi connectivity index (χ2v) is 6.35. The van der Waals surface area contributed by atoms with Crippen LogP contribution in [0.25, 0.3) is 0 Å². The maximum atomic E-state index is 11.4. The molecule has 8 heteroatoms. The van der Waals surface area contributed by atoms with Crippen molar-refractivity contribution in [3.63, 3.8) is 0 Å². The van der Waals surface area contributed by atoms with Crippen LogP contribution in [-0.4, -0.2) is 44.6 Å². The number of nitrogens with two attached hydrogens (primary N) is 1. The van der Waals surface area contributed by atoms with E-state index in [2.05, 4.69) is 10.3 Å². The molecule has 0 aliphatic carbocycles. The van der Waals surface area contributed by atoms with Gasteiger partial charge in [0.2, 0.25) is 10.0 Å². The number of anilines is 1. The molecule has 0 aliphatic rings. The molecule has 120 valence electrons. The summed E-state index contributed by atoms with van der Waals surface area (Å²) in [6.45, 7) is 3.23. The first-order valence-electron chi connectivity index (χ1n) is 6.50. The van der Waals surface area contributed by atoms with Crippen molar-refractivity contribution in [3.8, 4) is 0 Å². The van der Waals surface area contributed by atoms with Gasteiger partial charge in [0.05, 0.1) is 6.26 Å². The van der Waals surface area contributed by atoms with Crippen LogP contribution in [0.4, 0.5) is 5.69 Å². The van der Waals surface area contributed by atoms with Gasteiger partial charge in [-0.05, 0) is 18.6 Å². The summed E-state index contributed by atoms with van der Waals surface area (Å²) in [6.07, 6.45) is 1.85. The molecule has 0 atom stereocenters. The third-order valence-corrected chi connectivity index (χ3v) is 4.09. The normalized spacial score (nSPS) is 12.0. The third-order valence-electron chi connectivity index (χ3n) is 2.72. The fourth-order valence-corrected chi connectivity index (χ4v) is 2.64. The molecule has 0 saturated heterocycles. The quantitative estimate of drug-likeness (QED) is 0.301. The Labute approximate surface area is 143 Å². The Kier molecular flexibility index (Phi) is 9.54. The monoisotopic (exact) mass is 426 g/mol. The van der Waals surface area contributed by atoms with Crippen molar-refractivity contribution in [2.45, 2.75) is 13.3 Å². The number of hydrogen-bond donors (Lipinski definition) is 2. The van der Waals surface area contributed by atoms with Crippen molar-refractivity contribution in [3.05, 3.63) is 30.3 Å². The average molecular weight is 426 g/mol. The third kappa shape index (κ3) is 8.22. The molecule has 0 saturated carbocycles. The van der Waals surface area contributed by atoms with Crippen LogP contribution in [0.3, 0.4) is 0 Å². The molecule has 0 fully saturated rings. The summed E-state index contributed by atoms with van der Waals surface area (Å²) in [6, 6.07) is 9.51. The van der Waals surface area contributed by atoms with Gasteiger partial charge in [0.15, 0.2) is 5.96 Å². The van der Waals surface area contributed by atoms with Gasteiger partial charge >= 0.3 is 0 Å². The van der Waals surface area contributed by atoms with Crippen molar-refractivity contribution in [2.24, 2.45) is 10.7 Å². The van der Waals surface area contributed by atoms with Crippen molar-refractivity contribution in [2.75, 3.05) is 31.2 Å². The molecule has 1 aromatic carbocycles. The molecule has 21 heavy (non-hydrogen) atoms. The molecule has 0 amide bonds. The number of para-hydroxylation sites is 1. The Morgan fingerprint density at radius 3 is 2.48 bits per heavy atom. The highest BCUT2D eigenvalue weighted by molar-refractivity contribution is 14.0. The van der Waals surface area contributed by atoms with Crippen LogP contribution < -0.4 is 11.1 Å². The number of guanidine groups is 1. The molecule has 0 spiro atoms. The SMILES string of the molecule is CCN(CCCN=C(N)Nc1ccccc1)S(C)(=O)=O.I. The van der Waals surface area contributed by atoms with Gasteiger partial charge in [0, 0.05) is 25.3 Å². The summed E-state index contributed by atoms with van der Waals surface area (Å²) in [5, 5.41) is 2.97. The van der Waals surface area contributed by atoms with Crippen LogP contribution in [-0.2, 0) is 10.0 Å². The molecule has 0 aliphatic heterocycles. The summed E-state index contributed by atoms with van der Waals surface area (Å²) >= 11 is 0. The van der Waals surface area contributed by atoms with Gasteiger partial charge in [-0.15, -0.1) is 24.0 Å². The maximum Gasteiger partial charge on any atom is 0.211 e. The zero-order chi connectivity index (χ0) is 15.0. The van der Waals surface area contributed by atoms with Crippen LogP contribution in [0, 0.1) is 0 Å². The number of rotatable bonds is 7. The Morgan fingerprint density at radius 1 is 1.33 bits per heavy atom. The number of sulfonamides is 1. The molecule has 1 aromatic rings. The minimum Gasteiger partial charge on any atom is -0.370 e. The number of halogens is 1. The lowest BCUT2D eigenvalue weighted by molar-refractivity contribution is 0.427. The summed E-state index contributed by atoms with van der Waals surface area (Å²) in [7, 11) is -3.13. The van der Waals surface area contributed by atoms with E-state index in [0.29, 0.717) is 32.0 Å². The summed E-state index contributed by atoms with van der Waals surface area (Å²) < 4.78 is 24.2. The van der Waals surface area contributed by atoms with Crippen LogP contribution in [0.1, 0.15) is 13.3 Å². The van der Waals surface area contributed by atoms with E-state index < -0.39 is 10.0 Å². The lowest BCUT2D eigenvalue weighted by Crippen LogP contribution is -2.31. The van der Waals surface area contributed by atoms with Gasteiger partial charge in [0.25, 0.3) is 0 Å². The number of nitrogens with zero attached hydrogens (tertiary/aromatic N) is 2. The Balaban J connectivity index is 0.00000400. The Hall–Kier alpha value is -0.870. The van der Waals surface area contributed by atoms with E-state index in [9.17, 15) is 8.42 Å². The molecule has 0 bridgehead atoms. The van der Waals surface area contributed by atoms with E-state index in [0.717, 1.165) is 5.69 Å². The van der Waals surface area contributed by atoms with Gasteiger partial charge in [-0.3, -0.25) is 4.99 Å². The molecule has 0 unspecified atom stereocenters. The van der Waals surface area contributed by atoms with Crippen LogP contribution in [0.2, 0.25) is 0 Å². The largest absolute Gasteiger partial charge is 0.370 e. The molecule has 0 heterocycles. The van der Waals surface area contributed by atoms with Gasteiger partial charge in [-0.2, -0.15) is 0 Å². The topological polar surface area (TPSA) is 87.8 Å². The maximum absolute atomic E-state index is 11.4. The predicted octanol–water partition coefficient (Wildman–Crippen LogP) is 1.70. The van der Waals surface area contributed by atoms with Crippen LogP contribution >= 0.6 is 24.0 Å². The van der Waals surface area contributed by atoms with Crippen molar-refractivity contribution < 1.29 is 8.42 Å². The van der Waals surface area contributed by atoms with Crippen molar-refractivity contribution in [1.82, 2.24) is 4.31 Å². The first-order chi connectivity index (χ1) is 9.43. The molecular formula is C13H23IN4O2S. The Morgan fingerprint density at radius 2 is 1.95 bits per heavy atom. The second-order valence-electron chi connectivity index (χ2n) is 4.37. The minimum absolute atomic E-state index is 0. The fourth-order valence-electron chi connectivity index (χ4n) is 1.71. The predicted molar refractivity (Wildman–Crippen MR) is 98.7 cm³/mol. The zero-order valence-corrected chi connectivity index (χ0v) is 15.5. The number of benzene rings is 1. The first kappa shape index (κ1) is 20.1. The van der Waals surface area contributed by atoms with E-state index in [1.807, 2.05) is 37.3 Å². The van der Waals surface area contributed by atoms with E-state index in [1.165, 1.54) is 10.6 Å². The van der Waals surface area contributed by atoms with Gasteiger partial charge in [-0.25, -0.2) is 12.7 Å². The van der Waals surface area contributed by atoms with Gasteiger partial charge < -0.3 is 11.1 Å². The molecule has 6 nitrogen and oxygen atoms in total. The molecule has 3 N–H and O–H groups in total. The number of hydrogen-bond acceptors (Lipinski definition) is 3. The second kappa shape index (κ2) is 9.96. The van der Waals surface area contributed by atoms with E-state index in [-0.39, 0.29) is 24.0 Å². The highest BCUT2D eigenvalue weighted by atomic mass is 127. The fraction of sp³-hybridized carbons (Fsp3) is 0.462. The molecule has 1 rings (SSSR count). The van der Waals surface area contributed by atoms with Crippen molar-refractivity contribution >= 4 is 45.6 Å². The van der Waals surface area contributed by atoms with E-state index in [1.54, 1.807) is 0 Å². The highest BCUT2D eigenvalue weighted by Gasteiger charge is 2.12. The Bertz CT molecular complexity index is 534. The average Bonchev–Trinajstić information content (AvgIpc) is 2.38. The van der Waals surface area contributed by atoms with Crippen LogP contribution in [0.5, 0.6) is 0 Å². The summed E-state index contributed by atoms with van der Waals surface area (Å²) in [4.78, 5) is 4.17. The number of nitrogens with one attached hydrogen (secondary N) is 1. The highest BCUT2D eigenvalue weighted by Crippen LogP contribution is 2.04. The molecule has 0 radical (unpaired) electrons. The standard InChI is InChI=1S/C13H22N4O2S.HI/c1-3-17(20(2,18)19)11-7-10-15-13(14)16-12-8-5-4-6-9-12;/h4-6,8-9H,3,7,10-11H2,1-2H3,(H3,14,15,16);1H. The van der Waals surface area contributed by atoms with Crippen molar-refractivity contribution in [1.29, 1.82) is 0 Å². The molecule has 0 aromatic heterocycles. The lowest BCUT2D eigenvalue weighted by atomic mass is 10.3. The smallest absolute Gasteiger partial charge is 0.211 e. The first-order valence-corrected chi connectivity index (χ1v) is 8.35. The summed E-state index contributed by atoms with van der Waals surface area (Å²) in [5.74, 6) is 0.332. The summed E-state index contributed by atoms with van der Waals surface area (Å²) in [5.41, 5.74) is 6.62. The number of aliphatic imine (C=N–C) groups is 1. The lowest BCUT2D eigenvalue weighted by Gasteiger charge is -2.16. The van der Waals surface area contributed by atoms with Gasteiger partial charge in [-0.1, -0.05) is 25.1 Å². The van der Waals surface area contributed by atoms with E-state index in [4.69, 9.17) is 5.73 Å².